The lowest BCUT2D eigenvalue weighted by molar-refractivity contribution is 0.143. The molecule has 20 heavy (non-hydrogen) atoms. The van der Waals surface area contributed by atoms with Gasteiger partial charge in [0.2, 0.25) is 0 Å². The summed E-state index contributed by atoms with van der Waals surface area (Å²) in [7, 11) is 0. The molecular formula is C15H26N2O3. The van der Waals surface area contributed by atoms with E-state index in [0.29, 0.717) is 17.8 Å². The number of aliphatic hydroxyl groups is 1. The number of carbonyl (C=O) groups is 1. The summed E-state index contributed by atoms with van der Waals surface area (Å²) in [6, 6.07) is 0.217. The van der Waals surface area contributed by atoms with Crippen molar-refractivity contribution in [3.05, 3.63) is 0 Å². The zero-order valence-corrected chi connectivity index (χ0v) is 12.2. The zero-order chi connectivity index (χ0) is 14.1. The van der Waals surface area contributed by atoms with Gasteiger partial charge in [-0.2, -0.15) is 0 Å². The van der Waals surface area contributed by atoms with Gasteiger partial charge in [-0.3, -0.25) is 0 Å². The Kier molecular flexibility index (Phi) is 4.17. The molecule has 3 N–H and O–H groups in total. The van der Waals surface area contributed by atoms with Gasteiger partial charge in [-0.1, -0.05) is 0 Å². The van der Waals surface area contributed by atoms with Gasteiger partial charge in [-0.25, -0.2) is 4.79 Å². The number of fused-ring (bicyclic) bond motifs is 2. The third kappa shape index (κ3) is 2.66. The molecule has 0 aromatic heterocycles. The molecule has 2 amide bonds. The highest BCUT2D eigenvalue weighted by atomic mass is 16.5. The fourth-order valence-electron chi connectivity index (χ4n) is 4.36. The van der Waals surface area contributed by atoms with E-state index >= 15 is 0 Å². The van der Waals surface area contributed by atoms with Crippen LogP contribution in [-0.4, -0.2) is 43.0 Å². The van der Waals surface area contributed by atoms with Crippen molar-refractivity contribution in [2.75, 3.05) is 19.8 Å². The Balaban J connectivity index is 1.51. The Morgan fingerprint density at radius 2 is 2.15 bits per heavy atom. The molecule has 3 fully saturated rings. The van der Waals surface area contributed by atoms with E-state index in [-0.39, 0.29) is 30.6 Å². The van der Waals surface area contributed by atoms with Gasteiger partial charge in [-0.15, -0.1) is 0 Å². The van der Waals surface area contributed by atoms with Crippen molar-refractivity contribution in [1.29, 1.82) is 0 Å². The van der Waals surface area contributed by atoms with Crippen LogP contribution in [0.15, 0.2) is 0 Å². The molecule has 1 aliphatic heterocycles. The maximum Gasteiger partial charge on any atom is 0.315 e. The minimum Gasteiger partial charge on any atom is -0.396 e. The van der Waals surface area contributed by atoms with Crippen LogP contribution in [0.4, 0.5) is 4.79 Å². The van der Waals surface area contributed by atoms with Crippen LogP contribution in [0.25, 0.3) is 0 Å². The van der Waals surface area contributed by atoms with Gasteiger partial charge in [0.1, 0.15) is 0 Å². The summed E-state index contributed by atoms with van der Waals surface area (Å²) in [5, 5.41) is 15.7. The van der Waals surface area contributed by atoms with Gasteiger partial charge in [0.05, 0.1) is 6.61 Å². The first-order valence-corrected chi connectivity index (χ1v) is 7.94. The topological polar surface area (TPSA) is 70.6 Å². The van der Waals surface area contributed by atoms with Crippen LogP contribution in [-0.2, 0) is 4.74 Å². The largest absolute Gasteiger partial charge is 0.396 e. The normalized spacial score (nSPS) is 40.8. The van der Waals surface area contributed by atoms with Crippen LogP contribution in [0.2, 0.25) is 0 Å². The summed E-state index contributed by atoms with van der Waals surface area (Å²) in [5.74, 6) is 1.85. The number of ether oxygens (including phenoxy) is 1. The summed E-state index contributed by atoms with van der Waals surface area (Å²) < 4.78 is 5.36. The molecule has 2 bridgehead atoms. The number of hydrogen-bond acceptors (Lipinski definition) is 3. The van der Waals surface area contributed by atoms with Gasteiger partial charge < -0.3 is 20.5 Å². The van der Waals surface area contributed by atoms with E-state index in [0.717, 1.165) is 19.6 Å². The molecule has 3 aliphatic rings. The van der Waals surface area contributed by atoms with E-state index < -0.39 is 0 Å². The molecule has 5 heteroatoms. The van der Waals surface area contributed by atoms with Crippen molar-refractivity contribution in [2.45, 2.75) is 44.7 Å². The molecule has 6 atom stereocenters. The van der Waals surface area contributed by atoms with E-state index in [1.54, 1.807) is 0 Å². The van der Waals surface area contributed by atoms with E-state index in [2.05, 4.69) is 10.6 Å². The highest BCUT2D eigenvalue weighted by molar-refractivity contribution is 5.74. The molecule has 0 aromatic rings. The van der Waals surface area contributed by atoms with E-state index in [1.807, 2.05) is 6.92 Å². The summed E-state index contributed by atoms with van der Waals surface area (Å²) >= 11 is 0. The number of amides is 2. The zero-order valence-electron chi connectivity index (χ0n) is 12.2. The number of aliphatic hydroxyl groups excluding tert-OH is 1. The molecule has 2 saturated carbocycles. The van der Waals surface area contributed by atoms with Crippen LogP contribution in [0.1, 0.15) is 32.6 Å². The predicted octanol–water partition coefficient (Wildman–Crippen LogP) is 1.12. The molecule has 5 nitrogen and oxygen atoms in total. The number of carbonyl (C=O) groups excluding carboxylic acids is 1. The molecule has 1 saturated heterocycles. The minimum absolute atomic E-state index is 0.0830. The van der Waals surface area contributed by atoms with Crippen molar-refractivity contribution in [3.63, 3.8) is 0 Å². The molecule has 0 radical (unpaired) electrons. The quantitative estimate of drug-likeness (QED) is 0.723. The lowest BCUT2D eigenvalue weighted by atomic mass is 9.85. The highest BCUT2D eigenvalue weighted by Gasteiger charge is 2.47. The van der Waals surface area contributed by atoms with Crippen LogP contribution in [0, 0.1) is 23.7 Å². The SMILES string of the molecule is CC(NC(=O)NC1C2CCC(C2)C1CO)C1CCOC1. The summed E-state index contributed by atoms with van der Waals surface area (Å²) in [5.41, 5.74) is 0. The number of rotatable bonds is 4. The molecule has 3 rings (SSSR count). The molecule has 6 unspecified atom stereocenters. The molecule has 114 valence electrons. The Hall–Kier alpha value is -0.810. The first-order chi connectivity index (χ1) is 9.69. The average Bonchev–Trinajstić information content (AvgIpc) is 3.15. The molecule has 0 spiro atoms. The van der Waals surface area contributed by atoms with Crippen molar-refractivity contribution in [1.82, 2.24) is 10.6 Å². The summed E-state index contributed by atoms with van der Waals surface area (Å²) in [6.07, 6.45) is 4.60. The van der Waals surface area contributed by atoms with Crippen LogP contribution in [0.5, 0.6) is 0 Å². The number of nitrogens with one attached hydrogen (secondary N) is 2. The summed E-state index contributed by atoms with van der Waals surface area (Å²) in [4.78, 5) is 12.2. The predicted molar refractivity (Wildman–Crippen MR) is 75.3 cm³/mol. The van der Waals surface area contributed by atoms with Crippen LogP contribution < -0.4 is 10.6 Å². The minimum atomic E-state index is -0.0830. The van der Waals surface area contributed by atoms with Crippen molar-refractivity contribution < 1.29 is 14.6 Å². The van der Waals surface area contributed by atoms with Gasteiger partial charge in [0.25, 0.3) is 0 Å². The number of hydrogen-bond donors (Lipinski definition) is 3. The second kappa shape index (κ2) is 5.90. The van der Waals surface area contributed by atoms with E-state index in [1.165, 1.54) is 19.3 Å². The lowest BCUT2D eigenvalue weighted by Crippen LogP contribution is -2.52. The second-order valence-corrected chi connectivity index (χ2v) is 6.74. The third-order valence-electron chi connectivity index (χ3n) is 5.63. The second-order valence-electron chi connectivity index (χ2n) is 6.74. The fraction of sp³-hybridized carbons (Fsp3) is 0.933. The van der Waals surface area contributed by atoms with E-state index in [9.17, 15) is 9.90 Å². The highest BCUT2D eigenvalue weighted by Crippen LogP contribution is 2.48. The fourth-order valence-corrected chi connectivity index (χ4v) is 4.36. The van der Waals surface area contributed by atoms with Gasteiger partial charge in [0.15, 0.2) is 0 Å². The lowest BCUT2D eigenvalue weighted by Gasteiger charge is -2.31. The molecular weight excluding hydrogens is 256 g/mol. The van der Waals surface area contributed by atoms with E-state index in [4.69, 9.17) is 4.74 Å². The van der Waals surface area contributed by atoms with Crippen LogP contribution >= 0.6 is 0 Å². The first kappa shape index (κ1) is 14.1. The van der Waals surface area contributed by atoms with Crippen molar-refractivity contribution >= 4 is 6.03 Å². The molecule has 1 heterocycles. The van der Waals surface area contributed by atoms with Gasteiger partial charge in [0, 0.05) is 37.1 Å². The Labute approximate surface area is 120 Å². The third-order valence-corrected chi connectivity index (χ3v) is 5.63. The van der Waals surface area contributed by atoms with Crippen LogP contribution in [0.3, 0.4) is 0 Å². The Morgan fingerprint density at radius 1 is 1.35 bits per heavy atom. The van der Waals surface area contributed by atoms with Gasteiger partial charge in [-0.05, 0) is 44.4 Å². The Bertz CT molecular complexity index is 357. The average molecular weight is 282 g/mol. The Morgan fingerprint density at radius 3 is 2.85 bits per heavy atom. The van der Waals surface area contributed by atoms with Crippen molar-refractivity contribution in [3.8, 4) is 0 Å². The smallest absolute Gasteiger partial charge is 0.315 e. The summed E-state index contributed by atoms with van der Waals surface area (Å²) in [6.45, 7) is 3.79. The first-order valence-electron chi connectivity index (χ1n) is 7.94. The number of urea groups is 1. The molecule has 0 aromatic carbocycles. The molecule has 2 aliphatic carbocycles. The standard InChI is InChI=1S/C15H26N2O3/c1-9(12-4-5-20-8-12)16-15(19)17-14-11-3-2-10(6-11)13(14)7-18/h9-14,18H,2-8H2,1H3,(H2,16,17,19). The monoisotopic (exact) mass is 282 g/mol. The maximum absolute atomic E-state index is 12.2. The van der Waals surface area contributed by atoms with Crippen molar-refractivity contribution in [2.24, 2.45) is 23.7 Å². The maximum atomic E-state index is 12.2. The van der Waals surface area contributed by atoms with Gasteiger partial charge >= 0.3 is 6.03 Å².